The molecule has 0 aliphatic rings. The minimum Gasteiger partial charge on any atom is -0.481 e. The third kappa shape index (κ3) is 2.43. The number of ether oxygens (including phenoxy) is 1. The minimum atomic E-state index is -0.919. The van der Waals surface area contributed by atoms with E-state index in [9.17, 15) is 14.7 Å². The smallest absolute Gasteiger partial charge is 0.417 e. The van der Waals surface area contributed by atoms with Gasteiger partial charge in [0.05, 0.1) is 11.4 Å². The summed E-state index contributed by atoms with van der Waals surface area (Å²) in [6.45, 7) is 0.358. The fourth-order valence-corrected chi connectivity index (χ4v) is 1.85. The predicted molar refractivity (Wildman–Crippen MR) is 63.7 cm³/mol. The van der Waals surface area contributed by atoms with Crippen molar-refractivity contribution in [2.45, 2.75) is 12.3 Å². The molecule has 0 amide bonds. The number of oxazole rings is 1. The van der Waals surface area contributed by atoms with Crippen LogP contribution in [0.3, 0.4) is 0 Å². The number of carbonyl (C=O) groups is 1. The molecule has 0 spiro atoms. The Kier molecular flexibility index (Phi) is 3.47. The predicted octanol–water partition coefficient (Wildman–Crippen LogP) is 1.33. The van der Waals surface area contributed by atoms with Crippen molar-refractivity contribution in [3.8, 4) is 0 Å². The molecule has 1 aromatic carbocycles. The SMILES string of the molecule is COCCC(C(=O)O)c1ccc2oc(=O)[nH]c2c1. The van der Waals surface area contributed by atoms with Gasteiger partial charge in [0.2, 0.25) is 0 Å². The molecule has 6 nitrogen and oxygen atoms in total. The Morgan fingerprint density at radius 3 is 3.00 bits per heavy atom. The number of aromatic nitrogens is 1. The van der Waals surface area contributed by atoms with Crippen LogP contribution < -0.4 is 5.76 Å². The van der Waals surface area contributed by atoms with Gasteiger partial charge in [-0.15, -0.1) is 0 Å². The highest BCUT2D eigenvalue weighted by molar-refractivity contribution is 5.79. The Labute approximate surface area is 102 Å². The second-order valence-electron chi connectivity index (χ2n) is 3.94. The van der Waals surface area contributed by atoms with Crippen molar-refractivity contribution in [1.82, 2.24) is 4.98 Å². The number of aromatic amines is 1. The monoisotopic (exact) mass is 251 g/mol. The molecule has 0 fully saturated rings. The molecule has 6 heteroatoms. The maximum absolute atomic E-state index is 11.2. The number of benzene rings is 1. The Morgan fingerprint density at radius 2 is 2.33 bits per heavy atom. The van der Waals surface area contributed by atoms with Gasteiger partial charge in [0.25, 0.3) is 0 Å². The maximum atomic E-state index is 11.2. The highest BCUT2D eigenvalue weighted by Crippen LogP contribution is 2.23. The summed E-state index contributed by atoms with van der Waals surface area (Å²) >= 11 is 0. The summed E-state index contributed by atoms with van der Waals surface area (Å²) < 4.78 is 9.76. The number of carboxylic acid groups (broad SMARTS) is 1. The van der Waals surface area contributed by atoms with Gasteiger partial charge in [-0.25, -0.2) is 4.79 Å². The van der Waals surface area contributed by atoms with E-state index in [2.05, 4.69) is 4.98 Å². The summed E-state index contributed by atoms with van der Waals surface area (Å²) in [4.78, 5) is 24.7. The van der Waals surface area contributed by atoms with Crippen molar-refractivity contribution in [2.75, 3.05) is 13.7 Å². The number of methoxy groups -OCH3 is 1. The van der Waals surface area contributed by atoms with Gasteiger partial charge in [0.1, 0.15) is 0 Å². The molecule has 1 unspecified atom stereocenters. The zero-order valence-corrected chi connectivity index (χ0v) is 9.80. The molecule has 0 saturated carbocycles. The standard InChI is InChI=1S/C12H13NO5/c1-17-5-4-8(11(14)15)7-2-3-10-9(6-7)13-12(16)18-10/h2-3,6,8H,4-5H2,1H3,(H,13,16)(H,14,15). The number of aliphatic carboxylic acids is 1. The van der Waals surface area contributed by atoms with Gasteiger partial charge in [-0.05, 0) is 24.1 Å². The van der Waals surface area contributed by atoms with Crippen LogP contribution in [-0.4, -0.2) is 29.8 Å². The van der Waals surface area contributed by atoms with Crippen molar-refractivity contribution in [2.24, 2.45) is 0 Å². The molecular weight excluding hydrogens is 238 g/mol. The van der Waals surface area contributed by atoms with Crippen molar-refractivity contribution in [3.63, 3.8) is 0 Å². The first-order valence-corrected chi connectivity index (χ1v) is 5.46. The lowest BCUT2D eigenvalue weighted by molar-refractivity contribution is -0.139. The van der Waals surface area contributed by atoms with E-state index in [4.69, 9.17) is 9.15 Å². The van der Waals surface area contributed by atoms with E-state index in [0.29, 0.717) is 29.7 Å². The lowest BCUT2D eigenvalue weighted by Gasteiger charge is -2.11. The fraction of sp³-hybridized carbons (Fsp3) is 0.333. The van der Waals surface area contributed by atoms with Gasteiger partial charge in [-0.2, -0.15) is 0 Å². The molecule has 0 saturated heterocycles. The Bertz CT molecular complexity index is 612. The summed E-state index contributed by atoms with van der Waals surface area (Å²) in [5.41, 5.74) is 1.53. The summed E-state index contributed by atoms with van der Waals surface area (Å²) in [6.07, 6.45) is 0.374. The van der Waals surface area contributed by atoms with Gasteiger partial charge >= 0.3 is 11.7 Å². The zero-order valence-electron chi connectivity index (χ0n) is 9.80. The molecule has 0 radical (unpaired) electrons. The van der Waals surface area contributed by atoms with Crippen LogP contribution in [0.25, 0.3) is 11.1 Å². The van der Waals surface area contributed by atoms with Crippen molar-refractivity contribution in [1.29, 1.82) is 0 Å². The van der Waals surface area contributed by atoms with E-state index in [-0.39, 0.29) is 0 Å². The summed E-state index contributed by atoms with van der Waals surface area (Å²) in [6, 6.07) is 4.85. The molecule has 96 valence electrons. The molecule has 18 heavy (non-hydrogen) atoms. The number of hydrogen-bond donors (Lipinski definition) is 2. The van der Waals surface area contributed by atoms with Gasteiger partial charge in [-0.1, -0.05) is 6.07 Å². The first kappa shape index (κ1) is 12.4. The average Bonchev–Trinajstić information content (AvgIpc) is 2.68. The van der Waals surface area contributed by atoms with Crippen LogP contribution in [0.1, 0.15) is 17.9 Å². The third-order valence-electron chi connectivity index (χ3n) is 2.75. The third-order valence-corrected chi connectivity index (χ3v) is 2.75. The van der Waals surface area contributed by atoms with Crippen LogP contribution in [0.2, 0.25) is 0 Å². The van der Waals surface area contributed by atoms with Gasteiger partial charge in [-0.3, -0.25) is 9.78 Å². The van der Waals surface area contributed by atoms with Gasteiger partial charge in [0, 0.05) is 13.7 Å². The van der Waals surface area contributed by atoms with E-state index in [0.717, 1.165) is 0 Å². The first-order valence-electron chi connectivity index (χ1n) is 5.46. The van der Waals surface area contributed by atoms with Crippen LogP contribution in [0, 0.1) is 0 Å². The molecular formula is C12H13NO5. The Hall–Kier alpha value is -2.08. The Morgan fingerprint density at radius 1 is 1.56 bits per heavy atom. The molecule has 2 rings (SSSR count). The number of nitrogens with one attached hydrogen (secondary N) is 1. The fourth-order valence-electron chi connectivity index (χ4n) is 1.85. The molecule has 0 aliphatic carbocycles. The number of carboxylic acids is 1. The molecule has 0 bridgehead atoms. The van der Waals surface area contributed by atoms with E-state index < -0.39 is 17.6 Å². The highest BCUT2D eigenvalue weighted by atomic mass is 16.5. The molecule has 1 aromatic heterocycles. The zero-order chi connectivity index (χ0) is 13.1. The van der Waals surface area contributed by atoms with E-state index in [1.807, 2.05) is 0 Å². The average molecular weight is 251 g/mol. The lowest BCUT2D eigenvalue weighted by Crippen LogP contribution is -2.13. The van der Waals surface area contributed by atoms with Crippen molar-refractivity contribution >= 4 is 17.1 Å². The molecule has 2 aromatic rings. The lowest BCUT2D eigenvalue weighted by atomic mass is 9.96. The molecule has 1 heterocycles. The van der Waals surface area contributed by atoms with E-state index in [1.54, 1.807) is 18.2 Å². The molecule has 1 atom stereocenters. The van der Waals surface area contributed by atoms with Crippen LogP contribution in [0.5, 0.6) is 0 Å². The van der Waals surface area contributed by atoms with Crippen LogP contribution in [0.15, 0.2) is 27.4 Å². The number of fused-ring (bicyclic) bond motifs is 1. The molecule has 2 N–H and O–H groups in total. The van der Waals surface area contributed by atoms with Crippen LogP contribution >= 0.6 is 0 Å². The van der Waals surface area contributed by atoms with E-state index in [1.165, 1.54) is 7.11 Å². The van der Waals surface area contributed by atoms with E-state index >= 15 is 0 Å². The number of rotatable bonds is 5. The second kappa shape index (κ2) is 5.05. The largest absolute Gasteiger partial charge is 0.481 e. The van der Waals surface area contributed by atoms with Gasteiger partial charge < -0.3 is 14.3 Å². The molecule has 0 aliphatic heterocycles. The number of H-pyrrole nitrogens is 1. The topological polar surface area (TPSA) is 92.5 Å². The first-order chi connectivity index (χ1) is 8.61. The quantitative estimate of drug-likeness (QED) is 0.836. The van der Waals surface area contributed by atoms with Crippen LogP contribution in [0.4, 0.5) is 0 Å². The second-order valence-corrected chi connectivity index (χ2v) is 3.94. The highest BCUT2D eigenvalue weighted by Gasteiger charge is 2.20. The normalized spacial score (nSPS) is 12.7. The minimum absolute atomic E-state index is 0.358. The van der Waals surface area contributed by atoms with Crippen molar-refractivity contribution in [3.05, 3.63) is 34.3 Å². The summed E-state index contributed by atoms with van der Waals surface area (Å²) in [5.74, 6) is -2.13. The maximum Gasteiger partial charge on any atom is 0.417 e. The summed E-state index contributed by atoms with van der Waals surface area (Å²) in [7, 11) is 1.52. The van der Waals surface area contributed by atoms with Gasteiger partial charge in [0.15, 0.2) is 5.58 Å². The Balaban J connectivity index is 2.37. The van der Waals surface area contributed by atoms with Crippen molar-refractivity contribution < 1.29 is 19.1 Å². The summed E-state index contributed by atoms with van der Waals surface area (Å²) in [5, 5.41) is 9.18. The van der Waals surface area contributed by atoms with Crippen LogP contribution in [-0.2, 0) is 9.53 Å². The number of hydrogen-bond acceptors (Lipinski definition) is 4.